The number of para-hydroxylation sites is 1. The summed E-state index contributed by atoms with van der Waals surface area (Å²) in [5, 5.41) is 4.86. The molecule has 1 N–H and O–H groups in total. The minimum atomic E-state index is 0.563. The first-order valence-electron chi connectivity index (χ1n) is 6.95. The first kappa shape index (κ1) is 12.9. The van der Waals surface area contributed by atoms with Crippen molar-refractivity contribution in [1.82, 2.24) is 4.98 Å². The second-order valence-corrected chi connectivity index (χ2v) is 4.80. The molecule has 0 spiro atoms. The molecule has 2 aromatic rings. The summed E-state index contributed by atoms with van der Waals surface area (Å²) in [5.74, 6) is 0. The number of fused-ring (bicyclic) bond motifs is 1. The summed E-state index contributed by atoms with van der Waals surface area (Å²) in [6.07, 6.45) is 6.74. The minimum Gasteiger partial charge on any atom is -0.381 e. The number of benzene rings is 1. The van der Waals surface area contributed by atoms with Crippen molar-refractivity contribution >= 4 is 16.6 Å². The molecule has 0 radical (unpaired) electrons. The quantitative estimate of drug-likeness (QED) is 0.799. The number of nitrogens with one attached hydrogen (secondary N) is 1. The van der Waals surface area contributed by atoms with Gasteiger partial charge in [0.15, 0.2) is 0 Å². The fourth-order valence-electron chi connectivity index (χ4n) is 2.43. The van der Waals surface area contributed by atoms with Crippen LogP contribution in [0, 0.1) is 0 Å². The van der Waals surface area contributed by atoms with E-state index in [0.717, 1.165) is 5.52 Å². The summed E-state index contributed by atoms with van der Waals surface area (Å²) < 4.78 is 0. The summed E-state index contributed by atoms with van der Waals surface area (Å²) in [7, 11) is 0. The zero-order valence-electron chi connectivity index (χ0n) is 11.3. The zero-order valence-corrected chi connectivity index (χ0v) is 11.3. The second-order valence-electron chi connectivity index (χ2n) is 4.80. The van der Waals surface area contributed by atoms with Crippen LogP contribution in [0.5, 0.6) is 0 Å². The summed E-state index contributed by atoms with van der Waals surface area (Å²) in [4.78, 5) is 4.49. The van der Waals surface area contributed by atoms with Crippen LogP contribution in [0.15, 0.2) is 36.5 Å². The Labute approximate surface area is 109 Å². The number of anilines is 1. The van der Waals surface area contributed by atoms with Crippen LogP contribution in [-0.4, -0.2) is 11.0 Å². The molecule has 2 nitrogen and oxygen atoms in total. The topological polar surface area (TPSA) is 24.9 Å². The largest absolute Gasteiger partial charge is 0.381 e. The maximum absolute atomic E-state index is 4.49. The van der Waals surface area contributed by atoms with Gasteiger partial charge in [-0.15, -0.1) is 0 Å². The average molecular weight is 242 g/mol. The number of rotatable bonds is 6. The van der Waals surface area contributed by atoms with Gasteiger partial charge in [-0.2, -0.15) is 0 Å². The second kappa shape index (κ2) is 6.39. The maximum atomic E-state index is 4.49. The van der Waals surface area contributed by atoms with Gasteiger partial charge in [-0.3, -0.25) is 4.98 Å². The predicted molar refractivity (Wildman–Crippen MR) is 79.0 cm³/mol. The predicted octanol–water partition coefficient (Wildman–Crippen LogP) is 4.62. The van der Waals surface area contributed by atoms with Crippen molar-refractivity contribution in [3.63, 3.8) is 0 Å². The van der Waals surface area contributed by atoms with Crippen molar-refractivity contribution in [2.75, 3.05) is 5.32 Å². The van der Waals surface area contributed by atoms with Crippen molar-refractivity contribution in [3.8, 4) is 0 Å². The lowest BCUT2D eigenvalue weighted by molar-refractivity contribution is 0.587. The molecule has 0 saturated carbocycles. The van der Waals surface area contributed by atoms with Crippen LogP contribution in [-0.2, 0) is 0 Å². The van der Waals surface area contributed by atoms with Crippen LogP contribution in [0.4, 0.5) is 5.69 Å². The van der Waals surface area contributed by atoms with E-state index in [1.807, 2.05) is 12.3 Å². The highest BCUT2D eigenvalue weighted by Gasteiger charge is 2.08. The highest BCUT2D eigenvalue weighted by molar-refractivity contribution is 5.90. The number of aromatic nitrogens is 1. The molecule has 1 heterocycles. The van der Waals surface area contributed by atoms with E-state index in [0.29, 0.717) is 6.04 Å². The van der Waals surface area contributed by atoms with E-state index in [-0.39, 0.29) is 0 Å². The molecule has 0 saturated heterocycles. The summed E-state index contributed by atoms with van der Waals surface area (Å²) in [5.41, 5.74) is 2.25. The van der Waals surface area contributed by atoms with Gasteiger partial charge in [-0.05, 0) is 25.0 Å². The molecule has 1 aromatic carbocycles. The Morgan fingerprint density at radius 3 is 2.50 bits per heavy atom. The molecule has 0 unspecified atom stereocenters. The van der Waals surface area contributed by atoms with Crippen molar-refractivity contribution in [3.05, 3.63) is 36.5 Å². The molecule has 1 aromatic heterocycles. The molecule has 2 heteroatoms. The van der Waals surface area contributed by atoms with Crippen molar-refractivity contribution < 1.29 is 0 Å². The highest BCUT2D eigenvalue weighted by atomic mass is 14.9. The first-order valence-corrected chi connectivity index (χ1v) is 6.95. The summed E-state index contributed by atoms with van der Waals surface area (Å²) in [6, 6.07) is 11.0. The average Bonchev–Trinajstić information content (AvgIpc) is 2.40. The Hall–Kier alpha value is -1.57. The third kappa shape index (κ3) is 3.00. The Morgan fingerprint density at radius 2 is 1.78 bits per heavy atom. The van der Waals surface area contributed by atoms with E-state index in [2.05, 4.69) is 48.4 Å². The minimum absolute atomic E-state index is 0.563. The van der Waals surface area contributed by atoms with Crippen LogP contribution in [0.2, 0.25) is 0 Å². The van der Waals surface area contributed by atoms with E-state index < -0.39 is 0 Å². The van der Waals surface area contributed by atoms with Crippen LogP contribution in [0.25, 0.3) is 10.9 Å². The van der Waals surface area contributed by atoms with Crippen LogP contribution >= 0.6 is 0 Å². The van der Waals surface area contributed by atoms with Crippen LogP contribution in [0.3, 0.4) is 0 Å². The molecule has 0 aliphatic carbocycles. The molecule has 96 valence electrons. The Morgan fingerprint density at radius 1 is 1.06 bits per heavy atom. The van der Waals surface area contributed by atoms with Crippen LogP contribution in [0.1, 0.15) is 39.5 Å². The normalized spacial score (nSPS) is 11.1. The monoisotopic (exact) mass is 242 g/mol. The van der Waals surface area contributed by atoms with Crippen molar-refractivity contribution in [2.45, 2.75) is 45.6 Å². The number of pyridine rings is 1. The van der Waals surface area contributed by atoms with Crippen molar-refractivity contribution in [1.29, 1.82) is 0 Å². The van der Waals surface area contributed by atoms with E-state index >= 15 is 0 Å². The van der Waals surface area contributed by atoms with Gasteiger partial charge in [0.1, 0.15) is 0 Å². The Balaban J connectivity index is 2.24. The molecular formula is C16H22N2. The van der Waals surface area contributed by atoms with Gasteiger partial charge in [0, 0.05) is 17.6 Å². The number of hydrogen-bond acceptors (Lipinski definition) is 2. The van der Waals surface area contributed by atoms with E-state index in [9.17, 15) is 0 Å². The lowest BCUT2D eigenvalue weighted by Gasteiger charge is -2.19. The molecule has 2 rings (SSSR count). The summed E-state index contributed by atoms with van der Waals surface area (Å²) in [6.45, 7) is 4.48. The maximum Gasteiger partial charge on any atom is 0.0933 e. The van der Waals surface area contributed by atoms with E-state index in [1.165, 1.54) is 36.8 Å². The number of hydrogen-bond donors (Lipinski definition) is 1. The molecular weight excluding hydrogens is 220 g/mol. The third-order valence-corrected chi connectivity index (χ3v) is 3.27. The van der Waals surface area contributed by atoms with Gasteiger partial charge in [0.25, 0.3) is 0 Å². The molecule has 0 aliphatic rings. The van der Waals surface area contributed by atoms with Gasteiger partial charge in [-0.1, -0.05) is 44.9 Å². The van der Waals surface area contributed by atoms with Crippen molar-refractivity contribution in [2.24, 2.45) is 0 Å². The van der Waals surface area contributed by atoms with E-state index in [1.54, 1.807) is 0 Å². The van der Waals surface area contributed by atoms with Gasteiger partial charge in [0.2, 0.25) is 0 Å². The smallest absolute Gasteiger partial charge is 0.0933 e. The third-order valence-electron chi connectivity index (χ3n) is 3.27. The first-order chi connectivity index (χ1) is 8.85. The Kier molecular flexibility index (Phi) is 4.57. The molecule has 0 bridgehead atoms. The van der Waals surface area contributed by atoms with E-state index in [4.69, 9.17) is 0 Å². The number of nitrogens with zero attached hydrogens (tertiary/aromatic N) is 1. The van der Waals surface area contributed by atoms with Gasteiger partial charge >= 0.3 is 0 Å². The van der Waals surface area contributed by atoms with Gasteiger partial charge < -0.3 is 5.32 Å². The molecule has 0 fully saturated rings. The summed E-state index contributed by atoms with van der Waals surface area (Å²) >= 11 is 0. The molecule has 0 atom stereocenters. The molecule has 18 heavy (non-hydrogen) atoms. The fraction of sp³-hybridized carbons (Fsp3) is 0.438. The Bertz CT molecular complexity index is 482. The lowest BCUT2D eigenvalue weighted by Crippen LogP contribution is -2.19. The molecule has 0 aliphatic heterocycles. The van der Waals surface area contributed by atoms with Gasteiger partial charge in [0.05, 0.1) is 11.2 Å². The van der Waals surface area contributed by atoms with Gasteiger partial charge in [-0.25, -0.2) is 0 Å². The SMILES string of the molecule is CCCC(CCC)Nc1cccc2cccnc12. The standard InChI is InChI=1S/C16H22N2/c1-3-7-14(8-4-2)18-15-11-5-9-13-10-6-12-17-16(13)15/h5-6,9-12,14,18H,3-4,7-8H2,1-2H3. The van der Waals surface area contributed by atoms with Crippen LogP contribution < -0.4 is 5.32 Å². The fourth-order valence-corrected chi connectivity index (χ4v) is 2.43. The highest BCUT2D eigenvalue weighted by Crippen LogP contribution is 2.23. The molecule has 0 amide bonds. The zero-order chi connectivity index (χ0) is 12.8. The lowest BCUT2D eigenvalue weighted by atomic mass is 10.1.